The van der Waals surface area contributed by atoms with Crippen LogP contribution in [0.5, 0.6) is 11.5 Å². The van der Waals surface area contributed by atoms with Crippen molar-refractivity contribution >= 4 is 0 Å². The third-order valence-electron chi connectivity index (χ3n) is 3.50. The van der Waals surface area contributed by atoms with Crippen LogP contribution in [-0.4, -0.2) is 0 Å². The minimum absolute atomic E-state index is 0.0396. The fourth-order valence-corrected chi connectivity index (χ4v) is 2.44. The van der Waals surface area contributed by atoms with E-state index in [2.05, 4.69) is 32.9 Å². The summed E-state index contributed by atoms with van der Waals surface area (Å²) in [5.41, 5.74) is 9.63. The lowest BCUT2D eigenvalue weighted by atomic mass is 9.98. The second-order valence-electron chi connectivity index (χ2n) is 5.60. The van der Waals surface area contributed by atoms with Gasteiger partial charge in [0.1, 0.15) is 11.5 Å². The van der Waals surface area contributed by atoms with E-state index < -0.39 is 0 Å². The summed E-state index contributed by atoms with van der Waals surface area (Å²) in [4.78, 5) is 0. The molecule has 0 aliphatic carbocycles. The summed E-state index contributed by atoms with van der Waals surface area (Å²) in [6, 6.07) is 14.1. The number of rotatable bonds is 4. The van der Waals surface area contributed by atoms with Gasteiger partial charge in [0, 0.05) is 11.6 Å². The summed E-state index contributed by atoms with van der Waals surface area (Å²) >= 11 is 0. The van der Waals surface area contributed by atoms with E-state index in [1.54, 1.807) is 0 Å². The molecule has 2 aromatic carbocycles. The summed E-state index contributed by atoms with van der Waals surface area (Å²) in [7, 11) is 0. The van der Waals surface area contributed by atoms with E-state index in [-0.39, 0.29) is 6.04 Å². The van der Waals surface area contributed by atoms with E-state index in [0.29, 0.717) is 5.92 Å². The maximum absolute atomic E-state index is 6.01. The highest BCUT2D eigenvalue weighted by Crippen LogP contribution is 2.30. The Kier molecular flexibility index (Phi) is 4.46. The Labute approximate surface area is 121 Å². The van der Waals surface area contributed by atoms with E-state index in [1.807, 2.05) is 37.3 Å². The van der Waals surface area contributed by atoms with Gasteiger partial charge in [0.15, 0.2) is 0 Å². The van der Waals surface area contributed by atoms with E-state index in [9.17, 15) is 0 Å². The van der Waals surface area contributed by atoms with Crippen LogP contribution in [0.2, 0.25) is 0 Å². The Balaban J connectivity index is 2.29. The third kappa shape index (κ3) is 3.20. The monoisotopic (exact) mass is 269 g/mol. The third-order valence-corrected chi connectivity index (χ3v) is 3.50. The van der Waals surface area contributed by atoms with Gasteiger partial charge < -0.3 is 10.5 Å². The molecule has 2 aromatic rings. The molecule has 2 N–H and O–H groups in total. The Morgan fingerprint density at radius 3 is 2.25 bits per heavy atom. The maximum atomic E-state index is 6.01. The molecule has 20 heavy (non-hydrogen) atoms. The maximum Gasteiger partial charge on any atom is 0.132 e. The van der Waals surface area contributed by atoms with Crippen molar-refractivity contribution in [2.24, 2.45) is 5.73 Å². The molecule has 0 saturated heterocycles. The van der Waals surface area contributed by atoms with Crippen LogP contribution >= 0.6 is 0 Å². The molecule has 0 fully saturated rings. The van der Waals surface area contributed by atoms with Crippen LogP contribution in [-0.2, 0) is 0 Å². The molecule has 0 bridgehead atoms. The first-order chi connectivity index (χ1) is 9.49. The SMILES string of the molecule is Cc1cc(Oc2ccccc2[C@@H](C)N)ccc1C(C)C. The highest BCUT2D eigenvalue weighted by molar-refractivity contribution is 5.42. The molecule has 106 valence electrons. The van der Waals surface area contributed by atoms with Gasteiger partial charge in [0.05, 0.1) is 0 Å². The van der Waals surface area contributed by atoms with Crippen molar-refractivity contribution in [3.8, 4) is 11.5 Å². The van der Waals surface area contributed by atoms with Crippen LogP contribution in [0, 0.1) is 6.92 Å². The number of ether oxygens (including phenoxy) is 1. The molecular weight excluding hydrogens is 246 g/mol. The smallest absolute Gasteiger partial charge is 0.132 e. The second-order valence-corrected chi connectivity index (χ2v) is 5.60. The molecule has 0 spiro atoms. The highest BCUT2D eigenvalue weighted by atomic mass is 16.5. The Hall–Kier alpha value is -1.80. The zero-order chi connectivity index (χ0) is 14.7. The molecule has 2 rings (SSSR count). The predicted molar refractivity (Wildman–Crippen MR) is 84.4 cm³/mol. The average Bonchev–Trinajstić information content (AvgIpc) is 2.38. The van der Waals surface area contributed by atoms with Crippen LogP contribution in [0.15, 0.2) is 42.5 Å². The van der Waals surface area contributed by atoms with E-state index in [1.165, 1.54) is 11.1 Å². The van der Waals surface area contributed by atoms with Crippen molar-refractivity contribution in [2.75, 3.05) is 0 Å². The zero-order valence-electron chi connectivity index (χ0n) is 12.7. The van der Waals surface area contributed by atoms with Crippen molar-refractivity contribution in [2.45, 2.75) is 39.7 Å². The number of benzene rings is 2. The van der Waals surface area contributed by atoms with Crippen LogP contribution in [0.3, 0.4) is 0 Å². The fraction of sp³-hybridized carbons (Fsp3) is 0.333. The average molecular weight is 269 g/mol. The molecule has 0 heterocycles. The number of para-hydroxylation sites is 1. The first kappa shape index (κ1) is 14.6. The van der Waals surface area contributed by atoms with E-state index in [0.717, 1.165) is 17.1 Å². The van der Waals surface area contributed by atoms with Crippen LogP contribution in [0.1, 0.15) is 49.4 Å². The van der Waals surface area contributed by atoms with Crippen LogP contribution in [0.25, 0.3) is 0 Å². The van der Waals surface area contributed by atoms with Crippen molar-refractivity contribution in [1.29, 1.82) is 0 Å². The van der Waals surface area contributed by atoms with Crippen molar-refractivity contribution < 1.29 is 4.74 Å². The lowest BCUT2D eigenvalue weighted by Gasteiger charge is -2.15. The molecule has 0 unspecified atom stereocenters. The normalized spacial score (nSPS) is 12.5. The summed E-state index contributed by atoms with van der Waals surface area (Å²) in [6.07, 6.45) is 0. The second kappa shape index (κ2) is 6.10. The predicted octanol–water partition coefficient (Wildman–Crippen LogP) is 4.93. The molecule has 0 radical (unpaired) electrons. The van der Waals surface area contributed by atoms with E-state index in [4.69, 9.17) is 10.5 Å². The summed E-state index contributed by atoms with van der Waals surface area (Å²) in [5.74, 6) is 2.22. The van der Waals surface area contributed by atoms with Gasteiger partial charge in [-0.25, -0.2) is 0 Å². The quantitative estimate of drug-likeness (QED) is 0.854. The largest absolute Gasteiger partial charge is 0.457 e. The lowest BCUT2D eigenvalue weighted by Crippen LogP contribution is -2.06. The number of hydrogen-bond donors (Lipinski definition) is 1. The molecule has 0 aliphatic rings. The Bertz CT molecular complexity index is 588. The van der Waals surface area contributed by atoms with Crippen LogP contribution < -0.4 is 10.5 Å². The van der Waals surface area contributed by atoms with Gasteiger partial charge in [0.2, 0.25) is 0 Å². The lowest BCUT2D eigenvalue weighted by molar-refractivity contribution is 0.471. The van der Waals surface area contributed by atoms with Gasteiger partial charge in [0.25, 0.3) is 0 Å². The van der Waals surface area contributed by atoms with E-state index >= 15 is 0 Å². The standard InChI is InChI=1S/C18H23NO/c1-12(2)16-10-9-15(11-13(16)3)20-18-8-6-5-7-17(18)14(4)19/h5-12,14H,19H2,1-4H3/t14-/m1/s1. The van der Waals surface area contributed by atoms with Crippen molar-refractivity contribution in [3.63, 3.8) is 0 Å². The summed E-state index contributed by atoms with van der Waals surface area (Å²) in [6.45, 7) is 8.50. The van der Waals surface area contributed by atoms with Gasteiger partial charge in [-0.2, -0.15) is 0 Å². The first-order valence-electron chi connectivity index (χ1n) is 7.12. The molecule has 2 nitrogen and oxygen atoms in total. The Morgan fingerprint density at radius 1 is 0.950 bits per heavy atom. The molecule has 0 aliphatic heterocycles. The summed E-state index contributed by atoms with van der Waals surface area (Å²) in [5, 5.41) is 0. The van der Waals surface area contributed by atoms with Gasteiger partial charge in [-0.3, -0.25) is 0 Å². The van der Waals surface area contributed by atoms with Gasteiger partial charge in [-0.05, 0) is 49.1 Å². The molecule has 0 amide bonds. The topological polar surface area (TPSA) is 35.2 Å². The van der Waals surface area contributed by atoms with Gasteiger partial charge >= 0.3 is 0 Å². The number of hydrogen-bond acceptors (Lipinski definition) is 2. The van der Waals surface area contributed by atoms with Crippen LogP contribution in [0.4, 0.5) is 0 Å². The van der Waals surface area contributed by atoms with Crippen molar-refractivity contribution in [1.82, 2.24) is 0 Å². The number of aryl methyl sites for hydroxylation is 1. The molecule has 1 atom stereocenters. The molecular formula is C18H23NO. The zero-order valence-corrected chi connectivity index (χ0v) is 12.7. The highest BCUT2D eigenvalue weighted by Gasteiger charge is 2.09. The number of nitrogens with two attached hydrogens (primary N) is 1. The molecule has 2 heteroatoms. The first-order valence-corrected chi connectivity index (χ1v) is 7.12. The van der Waals surface area contributed by atoms with Gasteiger partial charge in [-0.15, -0.1) is 0 Å². The molecule has 0 aromatic heterocycles. The minimum Gasteiger partial charge on any atom is -0.457 e. The van der Waals surface area contributed by atoms with Crippen molar-refractivity contribution in [3.05, 3.63) is 59.2 Å². The molecule has 0 saturated carbocycles. The Morgan fingerprint density at radius 2 is 1.65 bits per heavy atom. The minimum atomic E-state index is -0.0396. The summed E-state index contributed by atoms with van der Waals surface area (Å²) < 4.78 is 6.01. The fourth-order valence-electron chi connectivity index (χ4n) is 2.44. The van der Waals surface area contributed by atoms with Gasteiger partial charge in [-0.1, -0.05) is 38.1 Å².